The number of hydrogen-bond acceptors (Lipinski definition) is 3. The van der Waals surface area contributed by atoms with E-state index in [0.29, 0.717) is 5.56 Å². The molecule has 0 atom stereocenters. The van der Waals surface area contributed by atoms with E-state index in [-0.39, 0.29) is 23.3 Å². The normalized spacial score (nSPS) is 12.2. The maximum absolute atomic E-state index is 12.5. The number of nitrogens with zero attached hydrogens (tertiary/aromatic N) is 2. The summed E-state index contributed by atoms with van der Waals surface area (Å²) in [6.45, 7) is 2.17. The second-order valence-electron chi connectivity index (χ2n) is 4.66. The van der Waals surface area contributed by atoms with E-state index in [4.69, 9.17) is 11.6 Å². The lowest BCUT2D eigenvalue weighted by Gasteiger charge is -2.27. The van der Waals surface area contributed by atoms with Crippen molar-refractivity contribution in [2.75, 3.05) is 6.54 Å². The highest BCUT2D eigenvalue weighted by Crippen LogP contribution is 2.27. The monoisotopic (exact) mass is 310 g/mol. The van der Waals surface area contributed by atoms with E-state index < -0.39 is 17.6 Å². The Morgan fingerprint density at radius 1 is 1.40 bits per heavy atom. The quantitative estimate of drug-likeness (QED) is 0.609. The first-order valence-electron chi connectivity index (χ1n) is 5.84. The first kappa shape index (κ1) is 16.7. The van der Waals surface area contributed by atoms with Crippen LogP contribution in [0.3, 0.4) is 0 Å². The molecule has 8 heteroatoms. The molecule has 0 aromatic heterocycles. The van der Waals surface area contributed by atoms with Crippen LogP contribution in [-0.4, -0.2) is 28.6 Å². The Bertz CT molecular complexity index is 492. The maximum Gasteiger partial charge on any atom is 0.401 e. The van der Waals surface area contributed by atoms with Crippen molar-refractivity contribution in [3.8, 4) is 0 Å². The molecular formula is C12H14ClF3N2O2. The van der Waals surface area contributed by atoms with Crippen molar-refractivity contribution in [2.45, 2.75) is 32.6 Å². The van der Waals surface area contributed by atoms with Crippen molar-refractivity contribution in [2.24, 2.45) is 0 Å². The van der Waals surface area contributed by atoms with Gasteiger partial charge >= 0.3 is 6.18 Å². The Morgan fingerprint density at radius 2 is 2.00 bits per heavy atom. The highest BCUT2D eigenvalue weighted by atomic mass is 35.5. The van der Waals surface area contributed by atoms with Gasteiger partial charge in [0.2, 0.25) is 0 Å². The molecule has 0 bridgehead atoms. The number of rotatable bonds is 5. The molecule has 1 rings (SSSR count). The van der Waals surface area contributed by atoms with E-state index in [2.05, 4.69) is 0 Å². The first-order valence-corrected chi connectivity index (χ1v) is 6.21. The fourth-order valence-electron chi connectivity index (χ4n) is 1.68. The summed E-state index contributed by atoms with van der Waals surface area (Å²) in [5.74, 6) is 0. The second-order valence-corrected chi connectivity index (χ2v) is 5.06. The summed E-state index contributed by atoms with van der Waals surface area (Å²) in [5, 5.41) is 10.7. The van der Waals surface area contributed by atoms with Gasteiger partial charge in [0.15, 0.2) is 0 Å². The van der Waals surface area contributed by atoms with Crippen molar-refractivity contribution in [3.63, 3.8) is 0 Å². The number of nitro groups is 1. The maximum atomic E-state index is 12.5. The molecule has 0 fully saturated rings. The van der Waals surface area contributed by atoms with Crippen LogP contribution in [0.15, 0.2) is 18.2 Å². The van der Waals surface area contributed by atoms with Gasteiger partial charge in [-0.2, -0.15) is 13.2 Å². The Labute approximate surface area is 119 Å². The average molecular weight is 311 g/mol. The topological polar surface area (TPSA) is 46.4 Å². The van der Waals surface area contributed by atoms with Gasteiger partial charge in [-0.3, -0.25) is 15.0 Å². The molecule has 4 nitrogen and oxygen atoms in total. The van der Waals surface area contributed by atoms with Crippen LogP contribution in [-0.2, 0) is 6.54 Å². The number of nitro benzene ring substituents is 1. The molecule has 1 aromatic rings. The largest absolute Gasteiger partial charge is 0.401 e. The van der Waals surface area contributed by atoms with Crippen LogP contribution in [0, 0.1) is 10.1 Å². The summed E-state index contributed by atoms with van der Waals surface area (Å²) >= 11 is 5.66. The standard InChI is InChI=1S/C12H14ClF3N2O2/c1-8(2)17(7-12(14,15)16)6-9-3-4-10(13)11(5-9)18(19)20/h3-5,8H,6-7H2,1-2H3. The SMILES string of the molecule is CC(C)N(Cc1ccc(Cl)c([N+](=O)[O-])c1)CC(F)(F)F. The molecular weight excluding hydrogens is 297 g/mol. The molecule has 0 N–H and O–H groups in total. The lowest BCUT2D eigenvalue weighted by molar-refractivity contribution is -0.384. The summed E-state index contributed by atoms with van der Waals surface area (Å²) in [6, 6.07) is 3.67. The highest BCUT2D eigenvalue weighted by Gasteiger charge is 2.31. The Hall–Kier alpha value is -1.34. The molecule has 0 aliphatic rings. The Kier molecular flexibility index (Phi) is 5.35. The highest BCUT2D eigenvalue weighted by molar-refractivity contribution is 6.32. The minimum absolute atomic E-state index is 0.0326. The molecule has 0 aliphatic heterocycles. The van der Waals surface area contributed by atoms with Crippen molar-refractivity contribution >= 4 is 17.3 Å². The Morgan fingerprint density at radius 3 is 2.45 bits per heavy atom. The van der Waals surface area contributed by atoms with E-state index in [1.165, 1.54) is 23.1 Å². The van der Waals surface area contributed by atoms with E-state index in [9.17, 15) is 23.3 Å². The molecule has 0 saturated carbocycles. The third kappa shape index (κ3) is 4.97. The summed E-state index contributed by atoms with van der Waals surface area (Å²) in [4.78, 5) is 11.3. The zero-order valence-corrected chi connectivity index (χ0v) is 11.7. The summed E-state index contributed by atoms with van der Waals surface area (Å²) in [7, 11) is 0. The van der Waals surface area contributed by atoms with E-state index >= 15 is 0 Å². The molecule has 1 aromatic carbocycles. The summed E-state index contributed by atoms with van der Waals surface area (Å²) < 4.78 is 37.4. The number of hydrogen-bond donors (Lipinski definition) is 0. The number of alkyl halides is 3. The average Bonchev–Trinajstić information content (AvgIpc) is 2.28. The van der Waals surface area contributed by atoms with Crippen molar-refractivity contribution < 1.29 is 18.1 Å². The van der Waals surface area contributed by atoms with Gasteiger partial charge in [-0.25, -0.2) is 0 Å². The van der Waals surface area contributed by atoms with E-state index in [1.54, 1.807) is 13.8 Å². The molecule has 20 heavy (non-hydrogen) atoms. The minimum Gasteiger partial charge on any atom is -0.288 e. The van der Waals surface area contributed by atoms with E-state index in [1.807, 2.05) is 0 Å². The summed E-state index contributed by atoms with van der Waals surface area (Å²) in [5.41, 5.74) is 0.110. The van der Waals surface area contributed by atoms with Gasteiger partial charge in [0.1, 0.15) is 5.02 Å². The van der Waals surface area contributed by atoms with Crippen LogP contribution in [0.25, 0.3) is 0 Å². The zero-order valence-electron chi connectivity index (χ0n) is 10.9. The number of benzene rings is 1. The molecule has 0 radical (unpaired) electrons. The molecule has 112 valence electrons. The molecule has 0 unspecified atom stereocenters. The summed E-state index contributed by atoms with van der Waals surface area (Å²) in [6.07, 6.45) is -4.32. The van der Waals surface area contributed by atoms with Crippen LogP contribution in [0.2, 0.25) is 5.02 Å². The molecule has 0 aliphatic carbocycles. The third-order valence-electron chi connectivity index (χ3n) is 2.71. The molecule has 0 heterocycles. The van der Waals surface area contributed by atoms with Gasteiger partial charge in [0.25, 0.3) is 5.69 Å². The van der Waals surface area contributed by atoms with Gasteiger partial charge in [0, 0.05) is 18.7 Å². The van der Waals surface area contributed by atoms with Gasteiger partial charge in [-0.15, -0.1) is 0 Å². The van der Waals surface area contributed by atoms with Gasteiger partial charge < -0.3 is 0 Å². The fraction of sp³-hybridized carbons (Fsp3) is 0.500. The Balaban J connectivity index is 2.94. The lowest BCUT2D eigenvalue weighted by Crippen LogP contribution is -2.38. The minimum atomic E-state index is -4.32. The molecule has 0 amide bonds. The van der Waals surface area contributed by atoms with Gasteiger partial charge in [-0.05, 0) is 25.5 Å². The second kappa shape index (κ2) is 6.41. The predicted octanol–water partition coefficient (Wildman–Crippen LogP) is 4.02. The predicted molar refractivity (Wildman–Crippen MR) is 69.7 cm³/mol. The fourth-order valence-corrected chi connectivity index (χ4v) is 1.87. The van der Waals surface area contributed by atoms with Crippen LogP contribution < -0.4 is 0 Å². The lowest BCUT2D eigenvalue weighted by atomic mass is 10.1. The van der Waals surface area contributed by atoms with E-state index in [0.717, 1.165) is 0 Å². The van der Waals surface area contributed by atoms with Crippen LogP contribution in [0.5, 0.6) is 0 Å². The molecule has 0 saturated heterocycles. The van der Waals surface area contributed by atoms with Crippen LogP contribution in [0.1, 0.15) is 19.4 Å². The van der Waals surface area contributed by atoms with Crippen molar-refractivity contribution in [3.05, 3.63) is 38.9 Å². The molecule has 0 spiro atoms. The van der Waals surface area contributed by atoms with Crippen LogP contribution >= 0.6 is 11.6 Å². The number of halogens is 4. The third-order valence-corrected chi connectivity index (χ3v) is 3.03. The first-order chi connectivity index (χ1) is 9.10. The van der Waals surface area contributed by atoms with Gasteiger partial charge in [-0.1, -0.05) is 17.7 Å². The zero-order chi connectivity index (χ0) is 15.5. The van der Waals surface area contributed by atoms with Gasteiger partial charge in [0.05, 0.1) is 11.5 Å². The van der Waals surface area contributed by atoms with Crippen molar-refractivity contribution in [1.29, 1.82) is 0 Å². The van der Waals surface area contributed by atoms with Crippen molar-refractivity contribution in [1.82, 2.24) is 4.90 Å². The smallest absolute Gasteiger partial charge is 0.288 e. The van der Waals surface area contributed by atoms with Crippen LogP contribution in [0.4, 0.5) is 18.9 Å².